The van der Waals surface area contributed by atoms with Crippen molar-refractivity contribution in [2.24, 2.45) is 0 Å². The molecule has 128 valence electrons. The minimum absolute atomic E-state index is 0.120. The van der Waals surface area contributed by atoms with Gasteiger partial charge in [0, 0.05) is 18.9 Å². The number of nitrogens with zero attached hydrogens (tertiary/aromatic N) is 1. The number of rotatable bonds is 6. The van der Waals surface area contributed by atoms with Crippen LogP contribution < -0.4 is 9.84 Å². The molecule has 1 aliphatic rings. The number of hydrogen-bond donors (Lipinski definition) is 2. The second-order valence-corrected chi connectivity index (χ2v) is 5.27. The number of aromatic hydroxyl groups is 1. The van der Waals surface area contributed by atoms with Crippen molar-refractivity contribution in [2.45, 2.75) is 19.4 Å². The summed E-state index contributed by atoms with van der Waals surface area (Å²) in [6.45, 7) is 0.960. The van der Waals surface area contributed by atoms with Crippen LogP contribution >= 0.6 is 0 Å². The van der Waals surface area contributed by atoms with Gasteiger partial charge in [-0.3, -0.25) is 9.59 Å². The van der Waals surface area contributed by atoms with Crippen LogP contribution in [-0.4, -0.2) is 46.4 Å². The lowest BCUT2D eigenvalue weighted by Gasteiger charge is -2.27. The van der Waals surface area contributed by atoms with Crippen LogP contribution in [0, 0.1) is 0 Å². The van der Waals surface area contributed by atoms with E-state index in [1.54, 1.807) is 0 Å². The van der Waals surface area contributed by atoms with Crippen LogP contribution in [0.1, 0.15) is 24.9 Å². The van der Waals surface area contributed by atoms with Gasteiger partial charge in [-0.2, -0.15) is 0 Å². The average molecular weight is 334 g/mol. The van der Waals surface area contributed by atoms with Gasteiger partial charge in [0.15, 0.2) is 23.0 Å². The third-order valence-corrected chi connectivity index (χ3v) is 3.76. The minimum Gasteiger partial charge on any atom is -0.550 e. The summed E-state index contributed by atoms with van der Waals surface area (Å²) in [5.74, 6) is -3.44. The van der Waals surface area contributed by atoms with Crippen LogP contribution in [0.2, 0.25) is 0 Å². The van der Waals surface area contributed by atoms with E-state index in [9.17, 15) is 29.7 Å². The first-order valence-electron chi connectivity index (χ1n) is 7.09. The number of methoxy groups -OCH3 is 1. The van der Waals surface area contributed by atoms with E-state index in [1.807, 2.05) is 0 Å². The summed E-state index contributed by atoms with van der Waals surface area (Å²) in [7, 11) is 1.34. The molecule has 0 radical (unpaired) electrons. The SMILES string of the molecule is COc1cc([C@@H]2C(C(C)=O)=C(O)C(=O)N2CCC(=O)[O-])ccc1O. The molecule has 0 aliphatic carbocycles. The Bertz CT molecular complexity index is 738. The molecule has 0 bridgehead atoms. The molecular weight excluding hydrogens is 318 g/mol. The molecule has 1 atom stereocenters. The molecule has 1 aromatic rings. The standard InChI is InChI=1S/C16H17NO7/c1-8(18)13-14(9-3-4-10(19)11(7-9)24-2)17(6-5-12(20)21)16(23)15(13)22/h3-4,7,14,19,22H,5-6H2,1-2H3,(H,20,21)/p-1/t14-/m1/s1. The van der Waals surface area contributed by atoms with Gasteiger partial charge in [0.05, 0.1) is 18.7 Å². The molecule has 2 rings (SSSR count). The molecule has 0 spiro atoms. The van der Waals surface area contributed by atoms with E-state index < -0.39 is 35.9 Å². The number of ketones is 1. The highest BCUT2D eigenvalue weighted by molar-refractivity contribution is 6.08. The van der Waals surface area contributed by atoms with Crippen LogP contribution in [0.25, 0.3) is 0 Å². The highest BCUT2D eigenvalue weighted by Gasteiger charge is 2.42. The maximum absolute atomic E-state index is 12.2. The Morgan fingerprint density at radius 2 is 2.00 bits per heavy atom. The highest BCUT2D eigenvalue weighted by atomic mass is 16.5. The van der Waals surface area contributed by atoms with E-state index >= 15 is 0 Å². The Hall–Kier alpha value is -3.03. The normalized spacial score (nSPS) is 17.3. The molecule has 2 N–H and O–H groups in total. The van der Waals surface area contributed by atoms with Crippen LogP contribution in [-0.2, 0) is 14.4 Å². The van der Waals surface area contributed by atoms with Crippen molar-refractivity contribution < 1.29 is 34.4 Å². The summed E-state index contributed by atoms with van der Waals surface area (Å²) in [5, 5.41) is 30.4. The molecule has 8 nitrogen and oxygen atoms in total. The summed E-state index contributed by atoms with van der Waals surface area (Å²) < 4.78 is 5.01. The predicted molar refractivity (Wildman–Crippen MR) is 79.1 cm³/mol. The van der Waals surface area contributed by atoms with Gasteiger partial charge in [0.1, 0.15) is 0 Å². The molecule has 0 fully saturated rings. The molecule has 0 unspecified atom stereocenters. The number of aliphatic carboxylic acids is 1. The molecule has 0 aromatic heterocycles. The molecular formula is C16H16NO7-. The number of Topliss-reactive ketones (excluding diaryl/α,β-unsaturated/α-hetero) is 1. The van der Waals surface area contributed by atoms with Crippen molar-refractivity contribution >= 4 is 17.7 Å². The van der Waals surface area contributed by atoms with E-state index in [-0.39, 0.29) is 23.6 Å². The number of aliphatic hydroxyl groups is 1. The second kappa shape index (κ2) is 6.61. The Kier molecular flexibility index (Phi) is 4.77. The maximum Gasteiger partial charge on any atom is 0.290 e. The van der Waals surface area contributed by atoms with Gasteiger partial charge >= 0.3 is 0 Å². The van der Waals surface area contributed by atoms with E-state index in [2.05, 4.69) is 0 Å². The van der Waals surface area contributed by atoms with Crippen molar-refractivity contribution in [3.8, 4) is 11.5 Å². The molecule has 24 heavy (non-hydrogen) atoms. The first-order valence-corrected chi connectivity index (χ1v) is 7.09. The van der Waals surface area contributed by atoms with Crippen molar-refractivity contribution in [1.29, 1.82) is 0 Å². The monoisotopic (exact) mass is 334 g/mol. The number of amides is 1. The lowest BCUT2D eigenvalue weighted by atomic mass is 9.96. The number of aliphatic hydroxyl groups excluding tert-OH is 1. The smallest absolute Gasteiger partial charge is 0.290 e. The Morgan fingerprint density at radius 3 is 2.54 bits per heavy atom. The van der Waals surface area contributed by atoms with Gasteiger partial charge in [-0.25, -0.2) is 0 Å². The number of benzene rings is 1. The summed E-state index contributed by atoms with van der Waals surface area (Å²) >= 11 is 0. The van der Waals surface area contributed by atoms with Gasteiger partial charge in [0.25, 0.3) is 5.91 Å². The largest absolute Gasteiger partial charge is 0.550 e. The lowest BCUT2D eigenvalue weighted by Crippen LogP contribution is -2.35. The summed E-state index contributed by atoms with van der Waals surface area (Å²) in [4.78, 5) is 35.9. The van der Waals surface area contributed by atoms with Gasteiger partial charge in [-0.15, -0.1) is 0 Å². The van der Waals surface area contributed by atoms with E-state index in [0.29, 0.717) is 5.56 Å². The fourth-order valence-electron chi connectivity index (χ4n) is 2.67. The van der Waals surface area contributed by atoms with Crippen molar-refractivity contribution in [2.75, 3.05) is 13.7 Å². The van der Waals surface area contributed by atoms with E-state index in [1.165, 1.54) is 32.2 Å². The van der Waals surface area contributed by atoms with E-state index in [0.717, 1.165) is 4.90 Å². The quantitative estimate of drug-likeness (QED) is 0.739. The number of carbonyl (C=O) groups is 3. The minimum atomic E-state index is -1.36. The molecule has 1 aromatic carbocycles. The molecule has 0 saturated heterocycles. The van der Waals surface area contributed by atoms with Crippen LogP contribution in [0.4, 0.5) is 0 Å². The number of carboxylic acids is 1. The fraction of sp³-hybridized carbons (Fsp3) is 0.312. The van der Waals surface area contributed by atoms with Gasteiger partial charge in [-0.05, 0) is 24.6 Å². The highest BCUT2D eigenvalue weighted by Crippen LogP contribution is 2.40. The van der Waals surface area contributed by atoms with Crippen molar-refractivity contribution in [3.05, 3.63) is 35.1 Å². The average Bonchev–Trinajstić information content (AvgIpc) is 2.77. The van der Waals surface area contributed by atoms with Gasteiger partial charge < -0.3 is 29.8 Å². The lowest BCUT2D eigenvalue weighted by molar-refractivity contribution is -0.305. The number of phenols is 1. The second-order valence-electron chi connectivity index (χ2n) is 5.27. The zero-order valence-corrected chi connectivity index (χ0v) is 13.1. The maximum atomic E-state index is 12.2. The molecule has 0 saturated carbocycles. The summed E-state index contributed by atoms with van der Waals surface area (Å²) in [6, 6.07) is 3.23. The van der Waals surface area contributed by atoms with Crippen LogP contribution in [0.3, 0.4) is 0 Å². The molecule has 1 amide bonds. The topological polar surface area (TPSA) is 127 Å². The Balaban J connectivity index is 2.52. The number of carboxylic acid groups (broad SMARTS) is 1. The van der Waals surface area contributed by atoms with Crippen molar-refractivity contribution in [1.82, 2.24) is 4.90 Å². The fourth-order valence-corrected chi connectivity index (χ4v) is 2.67. The Labute approximate surface area is 137 Å². The van der Waals surface area contributed by atoms with Crippen molar-refractivity contribution in [3.63, 3.8) is 0 Å². The zero-order valence-electron chi connectivity index (χ0n) is 13.1. The van der Waals surface area contributed by atoms with Gasteiger partial charge in [-0.1, -0.05) is 6.07 Å². The van der Waals surface area contributed by atoms with E-state index in [4.69, 9.17) is 4.74 Å². The first kappa shape index (κ1) is 17.3. The number of ether oxygens (including phenoxy) is 1. The number of phenolic OH excluding ortho intramolecular Hbond substituents is 1. The molecule has 8 heteroatoms. The Morgan fingerprint density at radius 1 is 1.33 bits per heavy atom. The molecule has 1 aliphatic heterocycles. The zero-order chi connectivity index (χ0) is 18.0. The molecule has 1 heterocycles. The summed E-state index contributed by atoms with van der Waals surface area (Å²) in [5.41, 5.74) is 0.261. The summed E-state index contributed by atoms with van der Waals surface area (Å²) in [6.07, 6.45) is -0.448. The van der Waals surface area contributed by atoms with Gasteiger partial charge in [0.2, 0.25) is 0 Å². The third kappa shape index (κ3) is 3.03. The van der Waals surface area contributed by atoms with Crippen LogP contribution in [0.5, 0.6) is 11.5 Å². The van der Waals surface area contributed by atoms with Crippen LogP contribution in [0.15, 0.2) is 29.5 Å². The third-order valence-electron chi connectivity index (χ3n) is 3.76. The predicted octanol–water partition coefficient (Wildman–Crippen LogP) is -0.175. The number of carbonyl (C=O) groups excluding carboxylic acids is 3. The number of hydrogen-bond acceptors (Lipinski definition) is 7. The first-order chi connectivity index (χ1) is 11.3.